The summed E-state index contributed by atoms with van der Waals surface area (Å²) in [4.78, 5) is 3.42. The summed E-state index contributed by atoms with van der Waals surface area (Å²) >= 11 is 1.08. The van der Waals surface area contributed by atoms with E-state index in [2.05, 4.69) is 19.7 Å². The topological polar surface area (TPSA) is 53.9 Å². The molecule has 3 aromatic rings. The Labute approximate surface area is 125 Å². The average molecular weight is 288 g/mol. The van der Waals surface area contributed by atoms with Crippen molar-refractivity contribution in [2.45, 2.75) is 0 Å². The Morgan fingerprint density at radius 2 is 2.00 bits per heavy atom. The van der Waals surface area contributed by atoms with Crippen molar-refractivity contribution in [1.82, 2.24) is 8.75 Å². The molecule has 0 saturated heterocycles. The highest BCUT2D eigenvalue weighted by molar-refractivity contribution is 7.00. The zero-order valence-corrected chi connectivity index (χ0v) is 11.6. The van der Waals surface area contributed by atoms with Gasteiger partial charge in [-0.25, -0.2) is 4.85 Å². The van der Waals surface area contributed by atoms with Gasteiger partial charge in [0, 0.05) is 5.56 Å². The van der Waals surface area contributed by atoms with E-state index in [9.17, 15) is 5.26 Å². The Kier molecular flexibility index (Phi) is 3.42. The summed E-state index contributed by atoms with van der Waals surface area (Å²) in [6, 6.07) is 13.5. The molecule has 2 aromatic carbocycles. The van der Waals surface area contributed by atoms with Gasteiger partial charge in [-0.3, -0.25) is 0 Å². The number of hydrogen-bond acceptors (Lipinski definition) is 4. The maximum atomic E-state index is 9.35. The third-order valence-corrected chi connectivity index (χ3v) is 3.58. The molecular weight excluding hydrogens is 280 g/mol. The lowest BCUT2D eigenvalue weighted by atomic mass is 10.0. The first-order valence-corrected chi connectivity index (χ1v) is 6.86. The molecular formula is C16H8N4S. The highest BCUT2D eigenvalue weighted by atomic mass is 32.1. The van der Waals surface area contributed by atoms with Crippen molar-refractivity contribution in [1.29, 1.82) is 5.26 Å². The molecule has 0 radical (unpaired) electrons. The summed E-state index contributed by atoms with van der Waals surface area (Å²) in [6.07, 6.45) is 3.73. The van der Waals surface area contributed by atoms with Crippen LogP contribution in [-0.2, 0) is 0 Å². The number of rotatable bonds is 2. The zero-order chi connectivity index (χ0) is 14.7. The van der Waals surface area contributed by atoms with Crippen molar-refractivity contribution in [2.24, 2.45) is 0 Å². The van der Waals surface area contributed by atoms with Crippen LogP contribution in [0.5, 0.6) is 0 Å². The molecule has 98 valence electrons. The normalized spacial score (nSPS) is 10.6. The smallest absolute Gasteiger partial charge is 0.207 e. The third kappa shape index (κ3) is 2.38. The van der Waals surface area contributed by atoms with E-state index in [0.29, 0.717) is 27.8 Å². The number of fused-ring (bicyclic) bond motifs is 1. The van der Waals surface area contributed by atoms with Gasteiger partial charge < -0.3 is 0 Å². The van der Waals surface area contributed by atoms with Gasteiger partial charge in [0.2, 0.25) is 5.69 Å². The van der Waals surface area contributed by atoms with E-state index < -0.39 is 0 Å². The molecule has 0 aliphatic carbocycles. The van der Waals surface area contributed by atoms with E-state index in [-0.39, 0.29) is 0 Å². The molecule has 0 unspecified atom stereocenters. The first-order chi connectivity index (χ1) is 10.3. The SMILES string of the molecule is [C-]#[N+]c1cc2nsnc2c(/C=C/c2ccccc2)c1C#N. The molecule has 0 amide bonds. The van der Waals surface area contributed by atoms with Crippen molar-refractivity contribution in [3.63, 3.8) is 0 Å². The Bertz CT molecular complexity index is 911. The van der Waals surface area contributed by atoms with Gasteiger partial charge in [-0.05, 0) is 11.6 Å². The second kappa shape index (κ2) is 5.54. The molecule has 3 rings (SSSR count). The highest BCUT2D eigenvalue weighted by Crippen LogP contribution is 2.31. The molecule has 0 fully saturated rings. The first-order valence-electron chi connectivity index (χ1n) is 6.13. The zero-order valence-electron chi connectivity index (χ0n) is 10.8. The summed E-state index contributed by atoms with van der Waals surface area (Å²) < 4.78 is 8.40. The van der Waals surface area contributed by atoms with Crippen molar-refractivity contribution in [2.75, 3.05) is 0 Å². The Morgan fingerprint density at radius 1 is 1.19 bits per heavy atom. The lowest BCUT2D eigenvalue weighted by Gasteiger charge is -2.02. The van der Waals surface area contributed by atoms with Crippen LogP contribution in [0.15, 0.2) is 36.4 Å². The lowest BCUT2D eigenvalue weighted by Crippen LogP contribution is -1.86. The van der Waals surface area contributed by atoms with Gasteiger partial charge in [-0.2, -0.15) is 14.0 Å². The molecule has 0 saturated carbocycles. The lowest BCUT2D eigenvalue weighted by molar-refractivity contribution is 1.48. The number of nitriles is 1. The molecule has 1 aromatic heterocycles. The van der Waals surface area contributed by atoms with Crippen LogP contribution >= 0.6 is 11.7 Å². The Morgan fingerprint density at radius 3 is 2.71 bits per heavy atom. The van der Waals surface area contributed by atoms with Gasteiger partial charge in [0.05, 0.1) is 35.4 Å². The molecule has 0 atom stereocenters. The van der Waals surface area contributed by atoms with E-state index in [1.54, 1.807) is 6.07 Å². The van der Waals surface area contributed by atoms with Crippen molar-refractivity contribution in [3.8, 4) is 6.07 Å². The minimum Gasteiger partial charge on any atom is -0.237 e. The monoisotopic (exact) mass is 288 g/mol. The Balaban J connectivity index is 2.21. The standard InChI is InChI=1S/C16H8N4S/c1-18-14-9-15-16(20-21-19-15)12(13(14)10-17)8-7-11-5-3-2-4-6-11/h2-9H/b8-7+. The predicted octanol–water partition coefficient (Wildman–Crippen LogP) is 4.28. The predicted molar refractivity (Wildman–Crippen MR) is 83.8 cm³/mol. The van der Waals surface area contributed by atoms with E-state index in [1.165, 1.54) is 0 Å². The fraction of sp³-hybridized carbons (Fsp3) is 0. The largest absolute Gasteiger partial charge is 0.237 e. The van der Waals surface area contributed by atoms with E-state index in [4.69, 9.17) is 6.57 Å². The van der Waals surface area contributed by atoms with Gasteiger partial charge in [-0.15, -0.1) is 0 Å². The second-order valence-electron chi connectivity index (χ2n) is 4.28. The Hall–Kier alpha value is -3.02. The van der Waals surface area contributed by atoms with Gasteiger partial charge in [0.1, 0.15) is 5.52 Å². The first kappa shape index (κ1) is 13.0. The van der Waals surface area contributed by atoms with Crippen LogP contribution in [0.2, 0.25) is 0 Å². The molecule has 0 N–H and O–H groups in total. The van der Waals surface area contributed by atoms with Crippen molar-refractivity contribution >= 4 is 40.6 Å². The van der Waals surface area contributed by atoms with Crippen LogP contribution < -0.4 is 0 Å². The van der Waals surface area contributed by atoms with Crippen LogP contribution in [0.25, 0.3) is 28.0 Å². The van der Waals surface area contributed by atoms with Crippen molar-refractivity contribution < 1.29 is 0 Å². The third-order valence-electron chi connectivity index (χ3n) is 3.04. The molecule has 0 bridgehead atoms. The average Bonchev–Trinajstić information content (AvgIpc) is 3.00. The summed E-state index contributed by atoms with van der Waals surface area (Å²) in [7, 11) is 0. The minimum atomic E-state index is 0.311. The number of aromatic nitrogens is 2. The second-order valence-corrected chi connectivity index (χ2v) is 4.81. The van der Waals surface area contributed by atoms with Crippen molar-refractivity contribution in [3.05, 3.63) is 64.5 Å². The molecule has 0 aliphatic heterocycles. The van der Waals surface area contributed by atoms with Gasteiger partial charge >= 0.3 is 0 Å². The maximum Gasteiger partial charge on any atom is 0.207 e. The van der Waals surface area contributed by atoms with Gasteiger partial charge in [0.25, 0.3) is 0 Å². The van der Waals surface area contributed by atoms with Crippen LogP contribution in [0, 0.1) is 17.9 Å². The molecule has 0 aliphatic rings. The minimum absolute atomic E-state index is 0.311. The van der Waals surface area contributed by atoms with Crippen LogP contribution in [0.3, 0.4) is 0 Å². The fourth-order valence-electron chi connectivity index (χ4n) is 2.05. The quantitative estimate of drug-likeness (QED) is 0.522. The molecule has 21 heavy (non-hydrogen) atoms. The molecule has 1 heterocycles. The number of nitrogens with zero attached hydrogens (tertiary/aromatic N) is 4. The van der Waals surface area contributed by atoms with E-state index in [0.717, 1.165) is 17.3 Å². The summed E-state index contributed by atoms with van der Waals surface area (Å²) in [6.45, 7) is 7.21. The number of benzene rings is 2. The summed E-state index contributed by atoms with van der Waals surface area (Å²) in [5, 5.41) is 9.35. The van der Waals surface area contributed by atoms with Crippen LogP contribution in [-0.4, -0.2) is 8.75 Å². The summed E-state index contributed by atoms with van der Waals surface area (Å²) in [5.41, 5.74) is 3.64. The maximum absolute atomic E-state index is 9.35. The van der Waals surface area contributed by atoms with Gasteiger partial charge in [0.15, 0.2) is 0 Å². The molecule has 0 spiro atoms. The van der Waals surface area contributed by atoms with E-state index >= 15 is 0 Å². The number of hydrogen-bond donors (Lipinski definition) is 0. The van der Waals surface area contributed by atoms with Crippen LogP contribution in [0.1, 0.15) is 16.7 Å². The van der Waals surface area contributed by atoms with Gasteiger partial charge in [-0.1, -0.05) is 42.5 Å². The highest BCUT2D eigenvalue weighted by Gasteiger charge is 2.14. The molecule has 4 nitrogen and oxygen atoms in total. The van der Waals surface area contributed by atoms with E-state index in [1.807, 2.05) is 42.5 Å². The summed E-state index contributed by atoms with van der Waals surface area (Å²) in [5.74, 6) is 0. The fourth-order valence-corrected chi connectivity index (χ4v) is 2.59. The molecule has 5 heteroatoms. The van der Waals surface area contributed by atoms with Crippen LogP contribution in [0.4, 0.5) is 5.69 Å².